The number of carbonyl (C=O) groups excluding carboxylic acids is 1. The number of rotatable bonds is 6. The van der Waals surface area contributed by atoms with E-state index in [9.17, 15) is 9.59 Å². The zero-order valence-corrected chi connectivity index (χ0v) is 17.7. The molecule has 0 saturated heterocycles. The SMILES string of the molecule is CCCN1C(=O)c2oc3ccc(C)cc3c(=O)c2[C@@H]1c1ccc(OCC)c(OC)c1. The van der Waals surface area contributed by atoms with Crippen molar-refractivity contribution in [3.8, 4) is 11.5 Å². The second kappa shape index (κ2) is 7.86. The lowest BCUT2D eigenvalue weighted by Crippen LogP contribution is -2.30. The largest absolute Gasteiger partial charge is 0.493 e. The van der Waals surface area contributed by atoms with Gasteiger partial charge >= 0.3 is 0 Å². The maximum atomic E-state index is 13.5. The first kappa shape index (κ1) is 20.0. The van der Waals surface area contributed by atoms with E-state index in [-0.39, 0.29) is 17.1 Å². The van der Waals surface area contributed by atoms with E-state index in [2.05, 4.69) is 0 Å². The van der Waals surface area contributed by atoms with Crippen LogP contribution in [0.3, 0.4) is 0 Å². The summed E-state index contributed by atoms with van der Waals surface area (Å²) in [7, 11) is 1.57. The number of fused-ring (bicyclic) bond motifs is 2. The van der Waals surface area contributed by atoms with Crippen molar-refractivity contribution < 1.29 is 18.7 Å². The van der Waals surface area contributed by atoms with Crippen molar-refractivity contribution in [3.05, 3.63) is 69.1 Å². The Hall–Kier alpha value is -3.28. The van der Waals surface area contributed by atoms with Crippen LogP contribution in [0.4, 0.5) is 0 Å². The monoisotopic (exact) mass is 407 g/mol. The van der Waals surface area contributed by atoms with Crippen molar-refractivity contribution in [1.29, 1.82) is 0 Å². The van der Waals surface area contributed by atoms with E-state index in [1.165, 1.54) is 0 Å². The molecule has 156 valence electrons. The molecular weight excluding hydrogens is 382 g/mol. The van der Waals surface area contributed by atoms with Gasteiger partial charge in [-0.2, -0.15) is 0 Å². The first-order valence-electron chi connectivity index (χ1n) is 10.2. The van der Waals surface area contributed by atoms with Crippen LogP contribution < -0.4 is 14.9 Å². The topological polar surface area (TPSA) is 69.0 Å². The molecule has 0 fully saturated rings. The Morgan fingerprint density at radius 3 is 2.57 bits per heavy atom. The van der Waals surface area contributed by atoms with Crippen LogP contribution in [0.15, 0.2) is 45.6 Å². The Kier molecular flexibility index (Phi) is 5.24. The number of aryl methyl sites for hydroxylation is 1. The van der Waals surface area contributed by atoms with E-state index in [1.54, 1.807) is 18.1 Å². The maximum absolute atomic E-state index is 13.5. The lowest BCUT2D eigenvalue weighted by molar-refractivity contribution is 0.0728. The number of ether oxygens (including phenoxy) is 2. The predicted molar refractivity (Wildman–Crippen MR) is 115 cm³/mol. The molecule has 0 radical (unpaired) electrons. The molecule has 1 aliphatic heterocycles. The Morgan fingerprint density at radius 1 is 1.07 bits per heavy atom. The van der Waals surface area contributed by atoms with Crippen LogP contribution >= 0.6 is 0 Å². The first-order chi connectivity index (χ1) is 14.5. The van der Waals surface area contributed by atoms with Crippen LogP contribution in [0.1, 0.15) is 53.6 Å². The molecule has 1 amide bonds. The lowest BCUT2D eigenvalue weighted by atomic mass is 9.97. The number of nitrogens with zero attached hydrogens (tertiary/aromatic N) is 1. The fraction of sp³-hybridized carbons (Fsp3) is 0.333. The molecule has 0 unspecified atom stereocenters. The fourth-order valence-electron chi connectivity index (χ4n) is 4.08. The van der Waals surface area contributed by atoms with E-state index in [0.717, 1.165) is 17.5 Å². The summed E-state index contributed by atoms with van der Waals surface area (Å²) in [5.41, 5.74) is 2.40. The predicted octanol–water partition coefficient (Wildman–Crippen LogP) is 4.46. The summed E-state index contributed by atoms with van der Waals surface area (Å²) in [6.07, 6.45) is 0.761. The molecule has 1 aliphatic rings. The summed E-state index contributed by atoms with van der Waals surface area (Å²) < 4.78 is 17.1. The lowest BCUT2D eigenvalue weighted by Gasteiger charge is -2.25. The van der Waals surface area contributed by atoms with Gasteiger partial charge in [0.15, 0.2) is 16.9 Å². The highest BCUT2D eigenvalue weighted by atomic mass is 16.5. The summed E-state index contributed by atoms with van der Waals surface area (Å²) in [4.78, 5) is 28.4. The zero-order chi connectivity index (χ0) is 21.4. The van der Waals surface area contributed by atoms with Gasteiger partial charge in [-0.1, -0.05) is 24.6 Å². The molecule has 1 atom stereocenters. The van der Waals surface area contributed by atoms with Crippen LogP contribution in [0.5, 0.6) is 11.5 Å². The van der Waals surface area contributed by atoms with Gasteiger partial charge in [0.25, 0.3) is 5.91 Å². The van der Waals surface area contributed by atoms with Crippen molar-refractivity contribution in [2.75, 3.05) is 20.3 Å². The fourth-order valence-corrected chi connectivity index (χ4v) is 4.08. The smallest absolute Gasteiger partial charge is 0.290 e. The van der Waals surface area contributed by atoms with Gasteiger partial charge in [-0.05, 0) is 50.1 Å². The molecule has 2 aromatic carbocycles. The Labute approximate surface area is 175 Å². The number of amides is 1. The summed E-state index contributed by atoms with van der Waals surface area (Å²) in [6, 6.07) is 10.4. The van der Waals surface area contributed by atoms with Gasteiger partial charge in [-0.25, -0.2) is 0 Å². The number of hydrogen-bond donors (Lipinski definition) is 0. The molecule has 1 aromatic heterocycles. The van der Waals surface area contributed by atoms with Gasteiger partial charge in [-0.15, -0.1) is 0 Å². The summed E-state index contributed by atoms with van der Waals surface area (Å²) >= 11 is 0. The molecule has 2 heterocycles. The van der Waals surface area contributed by atoms with E-state index < -0.39 is 6.04 Å². The van der Waals surface area contributed by atoms with E-state index >= 15 is 0 Å². The van der Waals surface area contributed by atoms with Crippen molar-refractivity contribution in [1.82, 2.24) is 4.90 Å². The molecule has 4 rings (SSSR count). The van der Waals surface area contributed by atoms with Gasteiger partial charge in [-0.3, -0.25) is 9.59 Å². The van der Waals surface area contributed by atoms with Gasteiger partial charge in [0.05, 0.1) is 30.7 Å². The maximum Gasteiger partial charge on any atom is 0.290 e. The minimum atomic E-state index is -0.529. The van der Waals surface area contributed by atoms with Crippen molar-refractivity contribution in [3.63, 3.8) is 0 Å². The highest BCUT2D eigenvalue weighted by Gasteiger charge is 2.42. The van der Waals surface area contributed by atoms with Crippen LogP contribution in [0.25, 0.3) is 11.0 Å². The third-order valence-corrected chi connectivity index (χ3v) is 5.39. The van der Waals surface area contributed by atoms with Gasteiger partial charge < -0.3 is 18.8 Å². The van der Waals surface area contributed by atoms with Crippen molar-refractivity contribution >= 4 is 16.9 Å². The van der Waals surface area contributed by atoms with Crippen LogP contribution in [0.2, 0.25) is 0 Å². The number of methoxy groups -OCH3 is 1. The van der Waals surface area contributed by atoms with E-state index in [1.807, 2.05) is 51.1 Å². The molecule has 0 aliphatic carbocycles. The van der Waals surface area contributed by atoms with E-state index in [4.69, 9.17) is 13.9 Å². The molecule has 0 N–H and O–H groups in total. The molecular formula is C24H25NO5. The molecule has 0 bridgehead atoms. The number of hydrogen-bond acceptors (Lipinski definition) is 5. The van der Waals surface area contributed by atoms with Gasteiger partial charge in [0, 0.05) is 6.54 Å². The molecule has 0 saturated carbocycles. The van der Waals surface area contributed by atoms with Crippen LogP contribution in [0, 0.1) is 6.92 Å². The second-order valence-corrected chi connectivity index (χ2v) is 7.42. The highest BCUT2D eigenvalue weighted by molar-refractivity contribution is 5.99. The van der Waals surface area contributed by atoms with Crippen molar-refractivity contribution in [2.24, 2.45) is 0 Å². The van der Waals surface area contributed by atoms with E-state index in [0.29, 0.717) is 41.2 Å². The normalized spacial score (nSPS) is 15.5. The Morgan fingerprint density at radius 2 is 1.87 bits per heavy atom. The number of carbonyl (C=O) groups is 1. The van der Waals surface area contributed by atoms with Crippen LogP contribution in [-0.2, 0) is 0 Å². The van der Waals surface area contributed by atoms with Crippen molar-refractivity contribution in [2.45, 2.75) is 33.2 Å². The molecule has 3 aromatic rings. The molecule has 6 heteroatoms. The Bertz CT molecular complexity index is 1180. The zero-order valence-electron chi connectivity index (χ0n) is 17.7. The second-order valence-electron chi connectivity index (χ2n) is 7.42. The first-order valence-corrected chi connectivity index (χ1v) is 10.2. The molecule has 0 spiro atoms. The van der Waals surface area contributed by atoms with Crippen LogP contribution in [-0.4, -0.2) is 31.1 Å². The molecule has 6 nitrogen and oxygen atoms in total. The summed E-state index contributed by atoms with van der Waals surface area (Å²) in [5, 5.41) is 0.489. The average Bonchev–Trinajstić information content (AvgIpc) is 3.02. The molecule has 30 heavy (non-hydrogen) atoms. The summed E-state index contributed by atoms with van der Waals surface area (Å²) in [6.45, 7) is 6.85. The quantitative estimate of drug-likeness (QED) is 0.603. The minimum Gasteiger partial charge on any atom is -0.493 e. The number of benzene rings is 2. The van der Waals surface area contributed by atoms with Gasteiger partial charge in [0.1, 0.15) is 5.58 Å². The summed E-state index contributed by atoms with van der Waals surface area (Å²) in [5.74, 6) is 1.05. The highest BCUT2D eigenvalue weighted by Crippen LogP contribution is 2.41. The minimum absolute atomic E-state index is 0.127. The third kappa shape index (κ3) is 3.12. The Balaban J connectivity index is 1.95. The standard InChI is InChI=1S/C24H25NO5/c1-5-11-25-21(15-8-10-18(29-6-2)19(13-15)28-4)20-22(26)16-12-14(3)7-9-17(16)30-23(20)24(25)27/h7-10,12-13,21H,5-6,11H2,1-4H3/t21-/m0/s1. The average molecular weight is 407 g/mol. The van der Waals surface area contributed by atoms with Gasteiger partial charge in [0.2, 0.25) is 5.76 Å². The third-order valence-electron chi connectivity index (χ3n) is 5.39.